The van der Waals surface area contributed by atoms with Crippen LogP contribution in [-0.2, 0) is 10.0 Å². The van der Waals surface area contributed by atoms with E-state index in [1.807, 2.05) is 19.9 Å². The summed E-state index contributed by atoms with van der Waals surface area (Å²) in [5.41, 5.74) is 1.33. The van der Waals surface area contributed by atoms with Crippen molar-refractivity contribution in [3.63, 3.8) is 0 Å². The second-order valence-corrected chi connectivity index (χ2v) is 8.48. The molecule has 2 aromatic rings. The van der Waals surface area contributed by atoms with E-state index in [0.717, 1.165) is 5.56 Å². The third-order valence-corrected chi connectivity index (χ3v) is 6.94. The van der Waals surface area contributed by atoms with E-state index in [-0.39, 0.29) is 11.4 Å². The fourth-order valence-electron chi connectivity index (χ4n) is 3.58. The number of hydrogen-bond acceptors (Lipinski definition) is 4. The molecule has 26 heavy (non-hydrogen) atoms. The molecule has 1 aliphatic rings. The number of aryl methyl sites for hydroxylation is 1. The highest BCUT2D eigenvalue weighted by Gasteiger charge is 2.54. The third-order valence-electron chi connectivity index (χ3n) is 5.12. The van der Waals surface area contributed by atoms with Crippen LogP contribution in [-0.4, -0.2) is 24.3 Å². The summed E-state index contributed by atoms with van der Waals surface area (Å²) in [7, 11) is -3.78. The highest BCUT2D eigenvalue weighted by molar-refractivity contribution is 7.89. The second kappa shape index (κ2) is 6.67. The van der Waals surface area contributed by atoms with Gasteiger partial charge in [0.1, 0.15) is 0 Å². The van der Waals surface area contributed by atoms with Crippen LogP contribution >= 0.6 is 0 Å². The first-order valence-electron chi connectivity index (χ1n) is 8.44. The van der Waals surface area contributed by atoms with Gasteiger partial charge < -0.3 is 0 Å². The van der Waals surface area contributed by atoms with Gasteiger partial charge in [0.05, 0.1) is 22.4 Å². The average Bonchev–Trinajstić information content (AvgIpc) is 2.96. The minimum atomic E-state index is -3.78. The van der Waals surface area contributed by atoms with Gasteiger partial charge >= 0.3 is 0 Å². The molecule has 0 amide bonds. The number of hydrogen-bond donors (Lipinski definition) is 0. The molecule has 2 atom stereocenters. The Labute approximate surface area is 154 Å². The van der Waals surface area contributed by atoms with Crippen molar-refractivity contribution in [1.29, 1.82) is 5.26 Å². The van der Waals surface area contributed by atoms with Gasteiger partial charge in [0.2, 0.25) is 10.0 Å². The molecule has 1 saturated heterocycles. The number of aromatic nitrogens is 1. The average molecular weight is 367 g/mol. The number of pyridine rings is 1. The van der Waals surface area contributed by atoms with Crippen molar-refractivity contribution in [2.75, 3.05) is 6.54 Å². The second-order valence-electron chi connectivity index (χ2n) is 6.59. The summed E-state index contributed by atoms with van der Waals surface area (Å²) in [5.74, 6) is 0. The van der Waals surface area contributed by atoms with Crippen molar-refractivity contribution in [1.82, 2.24) is 9.29 Å². The van der Waals surface area contributed by atoms with Gasteiger partial charge in [-0.2, -0.15) is 9.57 Å². The number of benzene rings is 1. The molecule has 0 bridgehead atoms. The molecule has 134 valence electrons. The van der Waals surface area contributed by atoms with Crippen molar-refractivity contribution in [3.05, 3.63) is 72.1 Å². The maximum Gasteiger partial charge on any atom is 0.243 e. The largest absolute Gasteiger partial charge is 0.264 e. The number of sulfonamides is 1. The van der Waals surface area contributed by atoms with Gasteiger partial charge in [0, 0.05) is 18.9 Å². The summed E-state index contributed by atoms with van der Waals surface area (Å²) in [6.07, 6.45) is 3.73. The minimum absolute atomic E-state index is 0.122. The molecule has 1 fully saturated rings. The third kappa shape index (κ3) is 2.74. The fourth-order valence-corrected chi connectivity index (χ4v) is 5.24. The van der Waals surface area contributed by atoms with Crippen LogP contribution in [0.5, 0.6) is 0 Å². The predicted octanol–water partition coefficient (Wildman–Crippen LogP) is 3.61. The van der Waals surface area contributed by atoms with Gasteiger partial charge in [-0.3, -0.25) is 4.98 Å². The van der Waals surface area contributed by atoms with Gasteiger partial charge in [-0.05, 0) is 42.7 Å². The van der Waals surface area contributed by atoms with Crippen LogP contribution in [0.2, 0.25) is 0 Å². The van der Waals surface area contributed by atoms with Crippen LogP contribution in [0.4, 0.5) is 0 Å². The van der Waals surface area contributed by atoms with E-state index in [0.29, 0.717) is 17.6 Å². The number of nitrogens with zero attached hydrogens (tertiary/aromatic N) is 3. The van der Waals surface area contributed by atoms with Crippen LogP contribution < -0.4 is 0 Å². The summed E-state index contributed by atoms with van der Waals surface area (Å²) in [5, 5.41) is 9.96. The minimum Gasteiger partial charge on any atom is -0.264 e. The van der Waals surface area contributed by atoms with Gasteiger partial charge in [0.15, 0.2) is 0 Å². The molecule has 1 aromatic carbocycles. The maximum absolute atomic E-state index is 13.3. The Balaban J connectivity index is 2.18. The Morgan fingerprint density at radius 1 is 1.35 bits per heavy atom. The molecule has 3 rings (SSSR count). The van der Waals surface area contributed by atoms with Gasteiger partial charge in [-0.1, -0.05) is 37.3 Å². The summed E-state index contributed by atoms with van der Waals surface area (Å²) in [4.78, 5) is 4.35. The van der Waals surface area contributed by atoms with E-state index in [2.05, 4.69) is 17.6 Å². The van der Waals surface area contributed by atoms with Crippen LogP contribution in [0.25, 0.3) is 0 Å². The van der Waals surface area contributed by atoms with Crippen molar-refractivity contribution in [2.24, 2.45) is 5.41 Å². The van der Waals surface area contributed by atoms with E-state index in [1.54, 1.807) is 42.7 Å². The molecule has 0 aliphatic carbocycles. The van der Waals surface area contributed by atoms with Crippen molar-refractivity contribution < 1.29 is 8.42 Å². The molecule has 0 unspecified atom stereocenters. The Hall–Kier alpha value is -2.49. The van der Waals surface area contributed by atoms with Gasteiger partial charge in [-0.15, -0.1) is 0 Å². The smallest absolute Gasteiger partial charge is 0.243 e. The number of nitriles is 1. The van der Waals surface area contributed by atoms with Crippen molar-refractivity contribution >= 4 is 10.0 Å². The summed E-state index contributed by atoms with van der Waals surface area (Å²) >= 11 is 0. The lowest BCUT2D eigenvalue weighted by molar-refractivity contribution is 0.288. The van der Waals surface area contributed by atoms with Crippen LogP contribution in [0.15, 0.2) is 65.8 Å². The Morgan fingerprint density at radius 3 is 2.58 bits per heavy atom. The lowest BCUT2D eigenvalue weighted by Gasteiger charge is -2.32. The van der Waals surface area contributed by atoms with Crippen LogP contribution in [0, 0.1) is 23.7 Å². The first-order valence-corrected chi connectivity index (χ1v) is 9.89. The Morgan fingerprint density at radius 2 is 2.04 bits per heavy atom. The lowest BCUT2D eigenvalue weighted by atomic mass is 9.74. The Bertz CT molecular complexity index is 962. The standard InChI is InChI=1S/C20H21N3O2S/c1-4-20(14-21)16(3)13-23(19(20)17-6-5-11-22-12-17)26(24,25)18-9-7-15(2)8-10-18/h5-12,19H,3-4,13H2,1-2H3/t19-,20-/m0/s1. The molecular formula is C20H21N3O2S. The zero-order chi connectivity index (χ0) is 18.9. The van der Waals surface area contributed by atoms with E-state index < -0.39 is 21.5 Å². The summed E-state index contributed by atoms with van der Waals surface area (Å²) in [6.45, 7) is 7.97. The first-order chi connectivity index (χ1) is 12.4. The lowest BCUT2D eigenvalue weighted by Crippen LogP contribution is -2.35. The van der Waals surface area contributed by atoms with E-state index in [1.165, 1.54) is 4.31 Å². The normalized spacial score (nSPS) is 23.7. The molecule has 5 nitrogen and oxygen atoms in total. The highest BCUT2D eigenvalue weighted by atomic mass is 32.2. The van der Waals surface area contributed by atoms with Crippen molar-refractivity contribution in [2.45, 2.75) is 31.2 Å². The molecule has 0 N–H and O–H groups in total. The predicted molar refractivity (Wildman–Crippen MR) is 99.5 cm³/mol. The number of rotatable bonds is 4. The Kier molecular flexibility index (Phi) is 4.70. The van der Waals surface area contributed by atoms with E-state index in [9.17, 15) is 13.7 Å². The SMILES string of the molecule is C=C1CN(S(=O)(=O)c2ccc(C)cc2)[C@@H](c2cccnc2)[C@]1(C#N)CC. The van der Waals surface area contributed by atoms with Crippen molar-refractivity contribution in [3.8, 4) is 6.07 Å². The topological polar surface area (TPSA) is 74.1 Å². The molecule has 0 spiro atoms. The maximum atomic E-state index is 13.3. The van der Waals surface area contributed by atoms with Gasteiger partial charge in [0.25, 0.3) is 0 Å². The molecule has 2 heterocycles. The zero-order valence-electron chi connectivity index (χ0n) is 14.9. The quantitative estimate of drug-likeness (QED) is 0.774. The van der Waals surface area contributed by atoms with Gasteiger partial charge in [-0.25, -0.2) is 8.42 Å². The fraction of sp³-hybridized carbons (Fsp3) is 0.300. The van der Waals surface area contributed by atoms with Crippen LogP contribution in [0.3, 0.4) is 0 Å². The molecular weight excluding hydrogens is 346 g/mol. The van der Waals surface area contributed by atoms with Crippen LogP contribution in [0.1, 0.15) is 30.5 Å². The van der Waals surface area contributed by atoms with E-state index >= 15 is 0 Å². The zero-order valence-corrected chi connectivity index (χ0v) is 15.7. The monoisotopic (exact) mass is 367 g/mol. The molecule has 0 radical (unpaired) electrons. The van der Waals surface area contributed by atoms with E-state index in [4.69, 9.17) is 0 Å². The first kappa shape index (κ1) is 18.3. The molecule has 6 heteroatoms. The summed E-state index contributed by atoms with van der Waals surface area (Å²) < 4.78 is 28.1. The molecule has 0 saturated carbocycles. The molecule has 1 aliphatic heterocycles. The molecule has 1 aromatic heterocycles. The summed E-state index contributed by atoms with van der Waals surface area (Å²) in [6, 6.07) is 12.0. The highest BCUT2D eigenvalue weighted by Crippen LogP contribution is 2.53.